The number of nitrogens with zero attached hydrogens (tertiary/aromatic N) is 2. The Morgan fingerprint density at radius 3 is 2.68 bits per heavy atom. The van der Waals surface area contributed by atoms with Gasteiger partial charge in [0.05, 0.1) is 12.2 Å². The van der Waals surface area contributed by atoms with Crippen molar-refractivity contribution in [3.63, 3.8) is 0 Å². The lowest BCUT2D eigenvalue weighted by Crippen LogP contribution is -2.33. The molecule has 0 amide bonds. The Balaban J connectivity index is 1.34. The Labute approximate surface area is 208 Å². The van der Waals surface area contributed by atoms with Crippen molar-refractivity contribution in [1.29, 1.82) is 0 Å². The van der Waals surface area contributed by atoms with Crippen molar-refractivity contribution < 1.29 is 14.1 Å². The molecule has 2 fully saturated rings. The summed E-state index contributed by atoms with van der Waals surface area (Å²) in [6.45, 7) is 5.66. The van der Waals surface area contributed by atoms with Crippen molar-refractivity contribution in [2.24, 2.45) is 0 Å². The molecule has 11 heteroatoms. The molecule has 184 valence electrons. The summed E-state index contributed by atoms with van der Waals surface area (Å²) in [6, 6.07) is 9.35. The van der Waals surface area contributed by atoms with Crippen LogP contribution in [0.15, 0.2) is 46.1 Å². The van der Waals surface area contributed by atoms with Crippen molar-refractivity contribution >= 4 is 35.8 Å². The number of aromatic nitrogens is 2. The zero-order chi connectivity index (χ0) is 24.1. The molecule has 2 aliphatic rings. The molecule has 0 aliphatic carbocycles. The number of nitrogens with one attached hydrogen (secondary N) is 1. The highest BCUT2D eigenvalue weighted by Gasteiger charge is 2.38. The third-order valence-corrected chi connectivity index (χ3v) is 11.1. The first-order chi connectivity index (χ1) is 16.4. The number of benzene rings is 1. The average molecular weight is 524 g/mol. The largest absolute Gasteiger partial charge is 0.352 e. The number of aromatic amines is 1. The predicted molar refractivity (Wildman–Crippen MR) is 139 cm³/mol. The van der Waals surface area contributed by atoms with Crippen LogP contribution in [-0.2, 0) is 9.26 Å². The van der Waals surface area contributed by atoms with Crippen LogP contribution in [-0.4, -0.2) is 56.1 Å². The molecule has 34 heavy (non-hydrogen) atoms. The Kier molecular flexibility index (Phi) is 9.07. The van der Waals surface area contributed by atoms with Gasteiger partial charge >= 0.3 is 5.69 Å². The highest BCUT2D eigenvalue weighted by Crippen LogP contribution is 2.57. The van der Waals surface area contributed by atoms with E-state index < -0.39 is 19.4 Å². The van der Waals surface area contributed by atoms with E-state index in [2.05, 4.69) is 9.65 Å². The van der Waals surface area contributed by atoms with Gasteiger partial charge in [0.1, 0.15) is 6.23 Å². The summed E-state index contributed by atoms with van der Waals surface area (Å²) in [5, 5.41) is 0.0925. The van der Waals surface area contributed by atoms with Gasteiger partial charge in [0, 0.05) is 48.3 Å². The van der Waals surface area contributed by atoms with Gasteiger partial charge in [-0.1, -0.05) is 53.5 Å². The lowest BCUT2D eigenvalue weighted by Gasteiger charge is -2.29. The summed E-state index contributed by atoms with van der Waals surface area (Å²) < 4.78 is 16.5. The van der Waals surface area contributed by atoms with E-state index in [1.54, 1.807) is 24.5 Å². The molecule has 0 spiro atoms. The van der Waals surface area contributed by atoms with Crippen LogP contribution in [0.25, 0.3) is 0 Å². The zero-order valence-corrected chi connectivity index (χ0v) is 21.9. The number of ether oxygens (including phenoxy) is 1. The van der Waals surface area contributed by atoms with E-state index in [1.165, 1.54) is 16.3 Å². The van der Waals surface area contributed by atoms with Crippen molar-refractivity contribution in [2.75, 3.05) is 24.6 Å². The number of aryl methyl sites for hydroxylation is 1. The van der Waals surface area contributed by atoms with E-state index in [1.807, 2.05) is 37.3 Å². The molecular weight excluding hydrogens is 493 g/mol. The van der Waals surface area contributed by atoms with Gasteiger partial charge in [-0.05, 0) is 26.7 Å². The van der Waals surface area contributed by atoms with Gasteiger partial charge in [0.2, 0.25) is 5.12 Å². The second kappa shape index (κ2) is 12.0. The van der Waals surface area contributed by atoms with E-state index in [4.69, 9.17) is 9.26 Å². The van der Waals surface area contributed by atoms with E-state index in [9.17, 15) is 14.4 Å². The van der Waals surface area contributed by atoms with Crippen molar-refractivity contribution in [3.05, 3.63) is 68.5 Å². The number of carbonyl (C=O) groups is 1. The second-order valence-electron chi connectivity index (χ2n) is 8.39. The first kappa shape index (κ1) is 25.7. The number of carbonyl (C=O) groups excluding carboxylic acids is 1. The molecule has 8 nitrogen and oxygen atoms in total. The normalized spacial score (nSPS) is 23.9. The monoisotopic (exact) mass is 523 g/mol. The number of rotatable bonds is 9. The third-order valence-electron chi connectivity index (χ3n) is 5.85. The first-order valence-corrected chi connectivity index (χ1v) is 15.3. The third kappa shape index (κ3) is 6.42. The van der Waals surface area contributed by atoms with Gasteiger partial charge < -0.3 is 9.26 Å². The fraction of sp³-hybridized carbons (Fsp3) is 0.522. The highest BCUT2D eigenvalue weighted by molar-refractivity contribution is 8.53. The van der Waals surface area contributed by atoms with Crippen LogP contribution >= 0.6 is 30.6 Å². The first-order valence-electron chi connectivity index (χ1n) is 11.5. The molecule has 3 heterocycles. The minimum Gasteiger partial charge on any atom is -0.352 e. The molecule has 2 saturated heterocycles. The van der Waals surface area contributed by atoms with Crippen LogP contribution in [0, 0.1) is 6.92 Å². The van der Waals surface area contributed by atoms with Crippen LogP contribution in [0.1, 0.15) is 48.3 Å². The van der Waals surface area contributed by atoms with Crippen LogP contribution < -0.4 is 11.2 Å². The van der Waals surface area contributed by atoms with Gasteiger partial charge in [-0.3, -0.25) is 23.8 Å². The Morgan fingerprint density at radius 2 is 1.94 bits per heavy atom. The SMILES string of the molecule is Cc1cn([C@H]2C[C@@H](OP(SCCSC(=O)c3ccccc3)N3CCCC3)[C@@H](C)O2)c(=O)[nH]c1=O. The lowest BCUT2D eigenvalue weighted by atomic mass is 10.2. The summed E-state index contributed by atoms with van der Waals surface area (Å²) in [4.78, 5) is 38.7. The minimum absolute atomic E-state index is 0.0925. The molecule has 2 aliphatic heterocycles. The van der Waals surface area contributed by atoms with Crippen LogP contribution in [0.5, 0.6) is 0 Å². The molecule has 1 N–H and O–H groups in total. The molecule has 0 radical (unpaired) electrons. The van der Waals surface area contributed by atoms with Crippen LogP contribution in [0.3, 0.4) is 0 Å². The van der Waals surface area contributed by atoms with Gasteiger partial charge in [0.15, 0.2) is 7.50 Å². The van der Waals surface area contributed by atoms with Gasteiger partial charge in [0.25, 0.3) is 5.56 Å². The zero-order valence-electron chi connectivity index (χ0n) is 19.3. The summed E-state index contributed by atoms with van der Waals surface area (Å²) in [6.07, 6.45) is 3.63. The van der Waals surface area contributed by atoms with E-state index >= 15 is 0 Å². The molecule has 0 saturated carbocycles. The predicted octanol–water partition coefficient (Wildman–Crippen LogP) is 4.17. The molecule has 1 aromatic carbocycles. The molecule has 0 bridgehead atoms. The quantitative estimate of drug-likeness (QED) is 0.387. The van der Waals surface area contributed by atoms with E-state index in [-0.39, 0.29) is 22.9 Å². The van der Waals surface area contributed by atoms with Crippen molar-refractivity contribution in [1.82, 2.24) is 14.2 Å². The Morgan fingerprint density at radius 1 is 1.21 bits per heavy atom. The second-order valence-corrected chi connectivity index (χ2v) is 13.1. The van der Waals surface area contributed by atoms with Crippen molar-refractivity contribution in [3.8, 4) is 0 Å². The fourth-order valence-corrected chi connectivity index (χ4v) is 9.32. The number of H-pyrrole nitrogens is 1. The summed E-state index contributed by atoms with van der Waals surface area (Å²) in [7, 11) is -0.891. The summed E-state index contributed by atoms with van der Waals surface area (Å²) >= 11 is 3.12. The topological polar surface area (TPSA) is 93.6 Å². The van der Waals surface area contributed by atoms with Gasteiger partial charge in [-0.25, -0.2) is 4.79 Å². The van der Waals surface area contributed by atoms with Crippen LogP contribution in [0.4, 0.5) is 0 Å². The minimum atomic E-state index is -0.891. The number of hydrogen-bond acceptors (Lipinski definition) is 8. The standard InChI is InChI=1S/C23H30N3O5PS2/c1-16-15-26(23(29)24-21(16)27)20-14-19(17(2)30-20)31-32(25-10-6-7-11-25)34-13-12-33-22(28)18-8-4-3-5-9-18/h3-5,8-9,15,17,19-20H,6-7,10-14H2,1-2H3,(H,24,27,29)/t17-,19-,20-,32?/m1/s1. The van der Waals surface area contributed by atoms with Crippen molar-refractivity contribution in [2.45, 2.75) is 51.5 Å². The molecule has 4 rings (SSSR count). The van der Waals surface area contributed by atoms with E-state index in [0.717, 1.165) is 43.0 Å². The fourth-order valence-electron chi connectivity index (χ4n) is 3.95. The highest BCUT2D eigenvalue weighted by atomic mass is 32.7. The molecule has 4 atom stereocenters. The number of hydrogen-bond donors (Lipinski definition) is 1. The van der Waals surface area contributed by atoms with Gasteiger partial charge in [-0.2, -0.15) is 0 Å². The summed E-state index contributed by atoms with van der Waals surface area (Å²) in [5.74, 6) is 1.54. The Hall–Kier alpha value is -1.42. The van der Waals surface area contributed by atoms with Crippen LogP contribution in [0.2, 0.25) is 0 Å². The maximum Gasteiger partial charge on any atom is 0.330 e. The molecule has 1 unspecified atom stereocenters. The molecule has 2 aromatic rings. The summed E-state index contributed by atoms with van der Waals surface area (Å²) in [5.41, 5.74) is 0.353. The average Bonchev–Trinajstić information content (AvgIpc) is 3.49. The molecule has 1 aromatic heterocycles. The smallest absolute Gasteiger partial charge is 0.330 e. The molecular formula is C23H30N3O5PS2. The maximum absolute atomic E-state index is 12.4. The maximum atomic E-state index is 12.4. The lowest BCUT2D eigenvalue weighted by molar-refractivity contribution is -0.00577. The van der Waals surface area contributed by atoms with Gasteiger partial charge in [-0.15, -0.1) is 0 Å². The number of thioether (sulfide) groups is 1. The van der Waals surface area contributed by atoms with E-state index in [0.29, 0.717) is 12.0 Å². The Bertz CT molecular complexity index is 1090.